The molecule has 0 heterocycles. The van der Waals surface area contributed by atoms with Crippen LogP contribution in [0.1, 0.15) is 52.6 Å². The zero-order valence-corrected chi connectivity index (χ0v) is 14.1. The zero-order valence-electron chi connectivity index (χ0n) is 14.1. The molecule has 1 saturated carbocycles. The molecule has 122 valence electrons. The molecule has 0 spiro atoms. The molecule has 0 bridgehead atoms. The summed E-state index contributed by atoms with van der Waals surface area (Å²) in [5.74, 6) is 0. The lowest BCUT2D eigenvalue weighted by atomic mass is 9.84. The maximum absolute atomic E-state index is 12.2. The Kier molecular flexibility index (Phi) is 4.26. The van der Waals surface area contributed by atoms with Crippen LogP contribution in [0.4, 0.5) is 4.79 Å². The molecule has 4 nitrogen and oxygen atoms in total. The van der Waals surface area contributed by atoms with Gasteiger partial charge in [0.2, 0.25) is 0 Å². The summed E-state index contributed by atoms with van der Waals surface area (Å²) in [4.78, 5) is 12.2. The van der Waals surface area contributed by atoms with Gasteiger partial charge in [-0.3, -0.25) is 0 Å². The highest BCUT2D eigenvalue weighted by molar-refractivity contribution is 5.68. The van der Waals surface area contributed by atoms with Crippen molar-refractivity contribution < 1.29 is 14.6 Å². The third-order valence-corrected chi connectivity index (χ3v) is 4.61. The number of amides is 1. The summed E-state index contributed by atoms with van der Waals surface area (Å²) in [5, 5.41) is 13.0. The first-order chi connectivity index (χ1) is 10.1. The van der Waals surface area contributed by atoms with E-state index in [0.717, 1.165) is 12.0 Å². The van der Waals surface area contributed by atoms with Gasteiger partial charge >= 0.3 is 6.09 Å². The lowest BCUT2D eigenvalue weighted by Gasteiger charge is -2.31. The van der Waals surface area contributed by atoms with Crippen LogP contribution in [0.25, 0.3) is 0 Å². The molecule has 22 heavy (non-hydrogen) atoms. The minimum absolute atomic E-state index is 0.0166. The largest absolute Gasteiger partial charge is 0.444 e. The molecule has 2 unspecified atom stereocenters. The van der Waals surface area contributed by atoms with Crippen molar-refractivity contribution in [1.29, 1.82) is 0 Å². The van der Waals surface area contributed by atoms with Gasteiger partial charge in [0.15, 0.2) is 0 Å². The number of carbonyl (C=O) groups excluding carboxylic acids is 1. The normalized spacial score (nSPS) is 24.5. The van der Waals surface area contributed by atoms with Crippen LogP contribution >= 0.6 is 0 Å². The Bertz CT molecular complexity index is 533. The molecule has 1 aromatic rings. The van der Waals surface area contributed by atoms with Crippen molar-refractivity contribution in [3.63, 3.8) is 0 Å². The number of aliphatic hydroxyl groups is 1. The zero-order chi connectivity index (χ0) is 16.6. The van der Waals surface area contributed by atoms with Crippen LogP contribution < -0.4 is 5.32 Å². The third-order valence-electron chi connectivity index (χ3n) is 4.61. The number of alkyl carbamates (subject to hydrolysis) is 1. The Morgan fingerprint density at radius 1 is 1.32 bits per heavy atom. The van der Waals surface area contributed by atoms with E-state index in [1.807, 2.05) is 51.1 Å². The average molecular weight is 305 g/mol. The van der Waals surface area contributed by atoms with E-state index in [4.69, 9.17) is 4.74 Å². The molecule has 2 rings (SSSR count). The van der Waals surface area contributed by atoms with Crippen LogP contribution in [-0.4, -0.2) is 23.4 Å². The highest BCUT2D eigenvalue weighted by Crippen LogP contribution is 2.68. The van der Waals surface area contributed by atoms with Crippen LogP contribution in [-0.2, 0) is 4.74 Å². The van der Waals surface area contributed by atoms with Crippen molar-refractivity contribution in [2.45, 2.75) is 52.7 Å². The molecule has 1 aliphatic carbocycles. The number of hydrogen-bond acceptors (Lipinski definition) is 3. The van der Waals surface area contributed by atoms with E-state index < -0.39 is 11.7 Å². The number of benzene rings is 1. The first kappa shape index (κ1) is 16.8. The van der Waals surface area contributed by atoms with Gasteiger partial charge in [0.05, 0.1) is 12.6 Å². The molecule has 1 fully saturated rings. The van der Waals surface area contributed by atoms with Crippen molar-refractivity contribution in [3.05, 3.63) is 35.9 Å². The maximum atomic E-state index is 12.2. The summed E-state index contributed by atoms with van der Waals surface area (Å²) in [7, 11) is 0. The second kappa shape index (κ2) is 5.58. The molecular formula is C18H27NO3. The van der Waals surface area contributed by atoms with Crippen LogP contribution in [0.2, 0.25) is 0 Å². The van der Waals surface area contributed by atoms with Crippen LogP contribution in [0.15, 0.2) is 30.3 Å². The van der Waals surface area contributed by atoms with E-state index in [2.05, 4.69) is 19.2 Å². The average Bonchev–Trinajstić information content (AvgIpc) is 2.98. The fourth-order valence-corrected chi connectivity index (χ4v) is 3.21. The molecule has 4 heteroatoms. The van der Waals surface area contributed by atoms with Crippen LogP contribution in [0.3, 0.4) is 0 Å². The fourth-order valence-electron chi connectivity index (χ4n) is 3.21. The van der Waals surface area contributed by atoms with Gasteiger partial charge in [0, 0.05) is 5.41 Å². The predicted octanol–water partition coefficient (Wildman–Crippen LogP) is 3.66. The fraction of sp³-hybridized carbons (Fsp3) is 0.611. The molecule has 2 N–H and O–H groups in total. The van der Waals surface area contributed by atoms with Gasteiger partial charge in [-0.25, -0.2) is 4.79 Å². The number of ether oxygens (including phenoxy) is 1. The van der Waals surface area contributed by atoms with Crippen molar-refractivity contribution in [2.75, 3.05) is 6.61 Å². The topological polar surface area (TPSA) is 58.6 Å². The van der Waals surface area contributed by atoms with Gasteiger partial charge in [-0.15, -0.1) is 0 Å². The van der Waals surface area contributed by atoms with E-state index in [1.165, 1.54) is 0 Å². The minimum Gasteiger partial charge on any atom is -0.444 e. The minimum atomic E-state index is -0.545. The van der Waals surface area contributed by atoms with Gasteiger partial charge < -0.3 is 15.2 Å². The van der Waals surface area contributed by atoms with Gasteiger partial charge in [0.1, 0.15) is 5.60 Å². The SMILES string of the molecule is CC(C)(C)OC(=O)NC(c1ccccc1)C1(CO)CC1(C)C. The van der Waals surface area contributed by atoms with Gasteiger partial charge in [-0.05, 0) is 38.2 Å². The predicted molar refractivity (Wildman–Crippen MR) is 86.5 cm³/mol. The number of hydrogen-bond donors (Lipinski definition) is 2. The summed E-state index contributed by atoms with van der Waals surface area (Å²) in [6.45, 7) is 9.80. The van der Waals surface area contributed by atoms with Crippen molar-refractivity contribution in [1.82, 2.24) is 5.32 Å². The lowest BCUT2D eigenvalue weighted by Crippen LogP contribution is -2.41. The van der Waals surface area contributed by atoms with Gasteiger partial charge in [0.25, 0.3) is 0 Å². The standard InChI is InChI=1S/C18H27NO3/c1-16(2,3)22-15(21)19-14(13-9-7-6-8-10-13)18(12-20)11-17(18,4)5/h6-10,14,20H,11-12H2,1-5H3,(H,19,21). The Hall–Kier alpha value is -1.55. The first-order valence-corrected chi connectivity index (χ1v) is 7.77. The molecular weight excluding hydrogens is 278 g/mol. The van der Waals surface area contributed by atoms with Crippen molar-refractivity contribution in [3.8, 4) is 0 Å². The highest BCUT2D eigenvalue weighted by Gasteiger charge is 2.65. The summed E-state index contributed by atoms with van der Waals surface area (Å²) >= 11 is 0. The second-order valence-electron chi connectivity index (χ2n) is 7.86. The molecule has 1 aliphatic rings. The van der Waals surface area contributed by atoms with Crippen molar-refractivity contribution >= 4 is 6.09 Å². The van der Waals surface area contributed by atoms with Crippen LogP contribution in [0.5, 0.6) is 0 Å². The van der Waals surface area contributed by atoms with E-state index in [-0.39, 0.29) is 23.5 Å². The quantitative estimate of drug-likeness (QED) is 0.892. The Morgan fingerprint density at radius 2 is 1.86 bits per heavy atom. The van der Waals surface area contributed by atoms with E-state index in [1.54, 1.807) is 0 Å². The smallest absolute Gasteiger partial charge is 0.408 e. The molecule has 1 amide bonds. The molecule has 1 aromatic carbocycles. The van der Waals surface area contributed by atoms with Crippen molar-refractivity contribution in [2.24, 2.45) is 10.8 Å². The molecule has 0 saturated heterocycles. The maximum Gasteiger partial charge on any atom is 0.408 e. The Labute approximate surface area is 132 Å². The second-order valence-corrected chi connectivity index (χ2v) is 7.86. The molecule has 0 aliphatic heterocycles. The summed E-state index contributed by atoms with van der Waals surface area (Å²) in [5.41, 5.74) is 0.0900. The number of nitrogens with one attached hydrogen (secondary N) is 1. The number of rotatable bonds is 4. The third kappa shape index (κ3) is 3.27. The summed E-state index contributed by atoms with van der Waals surface area (Å²) in [6, 6.07) is 9.53. The molecule has 0 aromatic heterocycles. The van der Waals surface area contributed by atoms with E-state index in [0.29, 0.717) is 0 Å². The van der Waals surface area contributed by atoms with E-state index >= 15 is 0 Å². The highest BCUT2D eigenvalue weighted by atomic mass is 16.6. The molecule has 2 atom stereocenters. The van der Waals surface area contributed by atoms with Crippen LogP contribution in [0, 0.1) is 10.8 Å². The number of aliphatic hydroxyl groups excluding tert-OH is 1. The Morgan fingerprint density at radius 3 is 2.27 bits per heavy atom. The van der Waals surface area contributed by atoms with E-state index in [9.17, 15) is 9.90 Å². The lowest BCUT2D eigenvalue weighted by molar-refractivity contribution is 0.0437. The Balaban J connectivity index is 2.27. The van der Waals surface area contributed by atoms with Gasteiger partial charge in [-0.2, -0.15) is 0 Å². The number of carbonyl (C=O) groups is 1. The summed E-state index contributed by atoms with van der Waals surface area (Å²) < 4.78 is 5.39. The monoisotopic (exact) mass is 305 g/mol. The first-order valence-electron chi connectivity index (χ1n) is 7.77. The molecule has 0 radical (unpaired) electrons. The van der Waals surface area contributed by atoms with Gasteiger partial charge in [-0.1, -0.05) is 44.2 Å². The summed E-state index contributed by atoms with van der Waals surface area (Å²) in [6.07, 6.45) is 0.420.